The van der Waals surface area contributed by atoms with E-state index in [4.69, 9.17) is 4.74 Å². The quantitative estimate of drug-likeness (QED) is 0.926. The zero-order valence-corrected chi connectivity index (χ0v) is 12.1. The molecule has 2 heterocycles. The van der Waals surface area contributed by atoms with Gasteiger partial charge in [-0.3, -0.25) is 14.6 Å². The second kappa shape index (κ2) is 5.32. The minimum atomic E-state index is -0.0429. The summed E-state index contributed by atoms with van der Waals surface area (Å²) in [5.41, 5.74) is 0.912. The molecule has 20 heavy (non-hydrogen) atoms. The first-order valence-electron chi connectivity index (χ1n) is 7.16. The van der Waals surface area contributed by atoms with Gasteiger partial charge in [-0.2, -0.15) is 0 Å². The molecular formula is C15H21N3O2. The molecule has 1 N–H and O–H groups in total. The Balaban J connectivity index is 1.83. The number of likely N-dealkylation sites (tertiary alicyclic amines) is 1. The van der Waals surface area contributed by atoms with Crippen molar-refractivity contribution < 1.29 is 4.74 Å². The van der Waals surface area contributed by atoms with Crippen LogP contribution in [0.15, 0.2) is 23.0 Å². The third kappa shape index (κ3) is 2.33. The van der Waals surface area contributed by atoms with E-state index in [2.05, 4.69) is 17.0 Å². The maximum absolute atomic E-state index is 12.0. The zero-order valence-electron chi connectivity index (χ0n) is 12.1. The van der Waals surface area contributed by atoms with Gasteiger partial charge >= 0.3 is 0 Å². The van der Waals surface area contributed by atoms with E-state index >= 15 is 0 Å². The van der Waals surface area contributed by atoms with Crippen molar-refractivity contribution in [1.82, 2.24) is 14.7 Å². The monoisotopic (exact) mass is 275 g/mol. The fourth-order valence-corrected chi connectivity index (χ4v) is 3.10. The summed E-state index contributed by atoms with van der Waals surface area (Å²) in [7, 11) is 3.79. The van der Waals surface area contributed by atoms with Crippen molar-refractivity contribution in [3.63, 3.8) is 0 Å². The molecule has 5 heteroatoms. The molecule has 0 bridgehead atoms. The summed E-state index contributed by atoms with van der Waals surface area (Å²) in [4.78, 5) is 14.4. The smallest absolute Gasteiger partial charge is 0.272 e. The van der Waals surface area contributed by atoms with E-state index in [9.17, 15) is 4.79 Å². The molecule has 3 rings (SSSR count). The highest BCUT2D eigenvalue weighted by Crippen LogP contribution is 2.21. The molecule has 1 unspecified atom stereocenters. The van der Waals surface area contributed by atoms with E-state index in [1.807, 2.05) is 16.8 Å². The lowest BCUT2D eigenvalue weighted by Crippen LogP contribution is -2.26. The Morgan fingerprint density at radius 3 is 3.00 bits per heavy atom. The highest BCUT2D eigenvalue weighted by Gasteiger charge is 2.20. The topological polar surface area (TPSA) is 50.3 Å². The molecule has 1 aromatic heterocycles. The van der Waals surface area contributed by atoms with Crippen LogP contribution in [0.1, 0.15) is 19.3 Å². The summed E-state index contributed by atoms with van der Waals surface area (Å²) in [6.07, 6.45) is 3.61. The number of hydrogen-bond donors (Lipinski definition) is 1. The predicted octanol–water partition coefficient (Wildman–Crippen LogP) is 1.82. The summed E-state index contributed by atoms with van der Waals surface area (Å²) >= 11 is 0. The fraction of sp³-hybridized carbons (Fsp3) is 0.533. The van der Waals surface area contributed by atoms with Gasteiger partial charge in [0.05, 0.1) is 18.0 Å². The molecular weight excluding hydrogens is 254 g/mol. The van der Waals surface area contributed by atoms with Gasteiger partial charge in [-0.1, -0.05) is 0 Å². The van der Waals surface area contributed by atoms with Gasteiger partial charge in [0.2, 0.25) is 0 Å². The molecule has 1 aliphatic heterocycles. The van der Waals surface area contributed by atoms with Crippen LogP contribution in [0, 0.1) is 0 Å². The highest BCUT2D eigenvalue weighted by atomic mass is 16.5. The number of nitrogens with one attached hydrogen (secondary N) is 1. The van der Waals surface area contributed by atoms with Crippen LogP contribution < -0.4 is 10.3 Å². The number of H-pyrrole nitrogens is 1. The van der Waals surface area contributed by atoms with Crippen molar-refractivity contribution in [3.05, 3.63) is 28.6 Å². The Morgan fingerprint density at radius 2 is 2.30 bits per heavy atom. The lowest BCUT2D eigenvalue weighted by molar-refractivity contribution is 0.284. The number of aryl methyl sites for hydroxylation is 1. The van der Waals surface area contributed by atoms with Crippen LogP contribution in [0.3, 0.4) is 0 Å². The third-order valence-electron chi connectivity index (χ3n) is 4.33. The van der Waals surface area contributed by atoms with E-state index in [0.717, 1.165) is 24.2 Å². The Labute approximate surface area is 118 Å². The van der Waals surface area contributed by atoms with Gasteiger partial charge in [-0.15, -0.1) is 0 Å². The highest BCUT2D eigenvalue weighted by molar-refractivity contribution is 5.80. The summed E-state index contributed by atoms with van der Waals surface area (Å²) in [6.45, 7) is 2.03. The SMILES string of the molecule is COc1ccc2c(c1)c(=O)[nH]n2CCC1CCCN1C. The van der Waals surface area contributed by atoms with Gasteiger partial charge in [-0.05, 0) is 51.1 Å². The molecule has 0 saturated carbocycles. The average Bonchev–Trinajstić information content (AvgIpc) is 3.00. The Morgan fingerprint density at radius 1 is 1.45 bits per heavy atom. The zero-order chi connectivity index (χ0) is 14.1. The summed E-state index contributed by atoms with van der Waals surface area (Å²) < 4.78 is 7.13. The molecule has 0 spiro atoms. The van der Waals surface area contributed by atoms with Crippen LogP contribution in [0.5, 0.6) is 5.75 Å². The molecule has 2 aromatic rings. The maximum atomic E-state index is 12.0. The van der Waals surface area contributed by atoms with E-state index < -0.39 is 0 Å². The van der Waals surface area contributed by atoms with Crippen LogP contribution in [0.4, 0.5) is 0 Å². The molecule has 1 aliphatic rings. The van der Waals surface area contributed by atoms with E-state index in [0.29, 0.717) is 11.4 Å². The predicted molar refractivity (Wildman–Crippen MR) is 79.4 cm³/mol. The van der Waals surface area contributed by atoms with Crippen molar-refractivity contribution in [1.29, 1.82) is 0 Å². The lowest BCUT2D eigenvalue weighted by atomic mass is 10.1. The minimum Gasteiger partial charge on any atom is -0.497 e. The summed E-state index contributed by atoms with van der Waals surface area (Å²) in [5.74, 6) is 0.719. The van der Waals surface area contributed by atoms with Crippen LogP contribution in [0.2, 0.25) is 0 Å². The second-order valence-electron chi connectivity index (χ2n) is 5.54. The number of fused-ring (bicyclic) bond motifs is 1. The fourth-order valence-electron chi connectivity index (χ4n) is 3.10. The lowest BCUT2D eigenvalue weighted by Gasteiger charge is -2.19. The van der Waals surface area contributed by atoms with E-state index in [1.165, 1.54) is 19.4 Å². The molecule has 0 amide bonds. The second-order valence-corrected chi connectivity index (χ2v) is 5.54. The van der Waals surface area contributed by atoms with Gasteiger partial charge < -0.3 is 9.64 Å². The maximum Gasteiger partial charge on any atom is 0.272 e. The normalized spacial score (nSPS) is 19.8. The van der Waals surface area contributed by atoms with E-state index in [-0.39, 0.29) is 5.56 Å². The van der Waals surface area contributed by atoms with Gasteiger partial charge in [0, 0.05) is 12.6 Å². The largest absolute Gasteiger partial charge is 0.497 e. The Kier molecular flexibility index (Phi) is 3.53. The molecule has 1 fully saturated rings. The molecule has 1 aromatic carbocycles. The average molecular weight is 275 g/mol. The van der Waals surface area contributed by atoms with Crippen molar-refractivity contribution in [2.75, 3.05) is 20.7 Å². The van der Waals surface area contributed by atoms with Crippen LogP contribution in [-0.2, 0) is 6.54 Å². The molecule has 1 saturated heterocycles. The number of aromatic amines is 1. The summed E-state index contributed by atoms with van der Waals surface area (Å²) in [5, 5.41) is 3.63. The molecule has 0 radical (unpaired) electrons. The van der Waals surface area contributed by atoms with Crippen LogP contribution >= 0.6 is 0 Å². The van der Waals surface area contributed by atoms with Crippen molar-refractivity contribution in [2.24, 2.45) is 0 Å². The molecule has 0 aliphatic carbocycles. The first kappa shape index (κ1) is 13.2. The molecule has 1 atom stereocenters. The van der Waals surface area contributed by atoms with E-state index in [1.54, 1.807) is 13.2 Å². The van der Waals surface area contributed by atoms with Crippen molar-refractivity contribution in [2.45, 2.75) is 31.8 Å². The van der Waals surface area contributed by atoms with Crippen LogP contribution in [0.25, 0.3) is 10.9 Å². The number of benzene rings is 1. The minimum absolute atomic E-state index is 0.0429. The first-order valence-corrected chi connectivity index (χ1v) is 7.16. The standard InChI is InChI=1S/C15H21N3O2/c1-17-8-3-4-11(17)7-9-18-14-6-5-12(20-2)10-13(14)15(19)16-18/h5-6,10-11H,3-4,7-9H2,1-2H3,(H,16,19). The summed E-state index contributed by atoms with van der Waals surface area (Å²) in [6, 6.07) is 6.28. The van der Waals surface area contributed by atoms with Gasteiger partial charge in [0.25, 0.3) is 5.56 Å². The number of nitrogens with zero attached hydrogens (tertiary/aromatic N) is 2. The first-order chi connectivity index (χ1) is 9.69. The van der Waals surface area contributed by atoms with Gasteiger partial charge in [0.15, 0.2) is 0 Å². The van der Waals surface area contributed by atoms with Crippen LogP contribution in [-0.4, -0.2) is 41.4 Å². The number of rotatable bonds is 4. The molecule has 108 valence electrons. The molecule has 5 nitrogen and oxygen atoms in total. The number of aromatic nitrogens is 2. The Bertz CT molecular complexity index is 659. The van der Waals surface area contributed by atoms with Gasteiger partial charge in [-0.25, -0.2) is 0 Å². The number of methoxy groups -OCH3 is 1. The van der Waals surface area contributed by atoms with Crippen molar-refractivity contribution in [3.8, 4) is 5.75 Å². The third-order valence-corrected chi connectivity index (χ3v) is 4.33. The number of hydrogen-bond acceptors (Lipinski definition) is 3. The van der Waals surface area contributed by atoms with Crippen molar-refractivity contribution >= 4 is 10.9 Å². The number of ether oxygens (including phenoxy) is 1. The van der Waals surface area contributed by atoms with Gasteiger partial charge in [0.1, 0.15) is 5.75 Å². The Hall–Kier alpha value is -1.75.